The fourth-order valence-corrected chi connectivity index (χ4v) is 7.39. The molecular formula is C32H33N3O9S. The molecule has 45 heavy (non-hydrogen) atoms. The lowest BCUT2D eigenvalue weighted by Gasteiger charge is -2.30. The number of carbonyl (C=O) groups is 1. The van der Waals surface area contributed by atoms with E-state index in [1.54, 1.807) is 17.9 Å². The van der Waals surface area contributed by atoms with Gasteiger partial charge in [-0.3, -0.25) is 9.36 Å². The molecule has 1 N–H and O–H groups in total. The van der Waals surface area contributed by atoms with Crippen molar-refractivity contribution in [3.05, 3.63) is 98.3 Å². The zero-order valence-electron chi connectivity index (χ0n) is 25.0. The molecule has 1 fully saturated rings. The Morgan fingerprint density at radius 3 is 2.56 bits per heavy atom. The summed E-state index contributed by atoms with van der Waals surface area (Å²) in [5.74, 6) is -0.418. The Bertz CT molecular complexity index is 1810. The Morgan fingerprint density at radius 1 is 1.11 bits per heavy atom. The van der Waals surface area contributed by atoms with Crippen LogP contribution in [0.15, 0.2) is 74.0 Å². The number of aromatic nitrogens is 3. The van der Waals surface area contributed by atoms with Crippen molar-refractivity contribution in [2.75, 3.05) is 27.4 Å². The summed E-state index contributed by atoms with van der Waals surface area (Å²) in [5, 5.41) is 9.68. The van der Waals surface area contributed by atoms with Crippen LogP contribution in [0.25, 0.3) is 5.69 Å². The van der Waals surface area contributed by atoms with Crippen LogP contribution >= 0.6 is 11.8 Å². The van der Waals surface area contributed by atoms with Gasteiger partial charge in [0.15, 0.2) is 0 Å². The van der Waals surface area contributed by atoms with E-state index in [2.05, 4.69) is 4.98 Å². The normalized spacial score (nSPS) is 18.8. The maximum atomic E-state index is 14.5. The standard InChI is InChI=1S/C32H33N3O9S/c1-18-26-29(36)35(22-9-8-19(31(37)38)16-24(22)41-3)32(39)34(30(26)45-27(18)28-33-12-15-43-28)17-25(44-20-10-13-42-14-11-20)21-6-4-5-7-23(21)40-2/h4-9,12,15-16,18,20,25,27H,10-11,13-14,17H2,1-3H3,(H,37,38). The lowest BCUT2D eigenvalue weighted by molar-refractivity contribution is -0.0763. The summed E-state index contributed by atoms with van der Waals surface area (Å²) in [6, 6.07) is 11.5. The third kappa shape index (κ3) is 5.78. The van der Waals surface area contributed by atoms with Crippen LogP contribution in [-0.2, 0) is 16.0 Å². The average Bonchev–Trinajstić information content (AvgIpc) is 3.71. The third-order valence-electron chi connectivity index (χ3n) is 8.20. The molecule has 0 spiro atoms. The van der Waals surface area contributed by atoms with E-state index in [1.807, 2.05) is 31.2 Å². The second-order valence-corrected chi connectivity index (χ2v) is 12.0. The minimum atomic E-state index is -1.16. The van der Waals surface area contributed by atoms with Crippen molar-refractivity contribution in [2.45, 2.75) is 54.7 Å². The molecule has 2 aliphatic rings. The number of hydrogen-bond acceptors (Lipinski definition) is 10. The molecule has 6 rings (SSSR count). The smallest absolute Gasteiger partial charge is 0.336 e. The lowest BCUT2D eigenvalue weighted by Crippen LogP contribution is -2.42. The summed E-state index contributed by atoms with van der Waals surface area (Å²) in [4.78, 5) is 44.8. The van der Waals surface area contributed by atoms with Crippen LogP contribution in [0.1, 0.15) is 64.4 Å². The maximum absolute atomic E-state index is 14.5. The molecule has 0 bridgehead atoms. The van der Waals surface area contributed by atoms with E-state index < -0.39 is 23.3 Å². The van der Waals surface area contributed by atoms with E-state index in [-0.39, 0.29) is 40.8 Å². The van der Waals surface area contributed by atoms with Gasteiger partial charge in [0.2, 0.25) is 5.89 Å². The van der Waals surface area contributed by atoms with E-state index in [9.17, 15) is 19.5 Å². The fourth-order valence-electron chi connectivity index (χ4n) is 5.91. The first-order chi connectivity index (χ1) is 21.8. The van der Waals surface area contributed by atoms with E-state index in [0.717, 1.165) is 10.1 Å². The summed E-state index contributed by atoms with van der Waals surface area (Å²) < 4.78 is 31.7. The quantitative estimate of drug-likeness (QED) is 0.244. The predicted molar refractivity (Wildman–Crippen MR) is 164 cm³/mol. The monoisotopic (exact) mass is 635 g/mol. The molecule has 4 heterocycles. The van der Waals surface area contributed by atoms with Crippen molar-refractivity contribution in [1.29, 1.82) is 0 Å². The molecule has 13 heteroatoms. The predicted octanol–water partition coefficient (Wildman–Crippen LogP) is 4.59. The molecule has 0 saturated carbocycles. The number of benzene rings is 2. The minimum Gasteiger partial charge on any atom is -0.496 e. The van der Waals surface area contributed by atoms with Crippen LogP contribution in [0, 0.1) is 0 Å². The number of carboxylic acids is 1. The van der Waals surface area contributed by atoms with Crippen LogP contribution in [0.2, 0.25) is 0 Å². The van der Waals surface area contributed by atoms with Crippen molar-refractivity contribution in [3.8, 4) is 17.2 Å². The van der Waals surface area contributed by atoms with Crippen molar-refractivity contribution >= 4 is 17.7 Å². The van der Waals surface area contributed by atoms with Gasteiger partial charge in [0.1, 0.15) is 23.9 Å². The highest BCUT2D eigenvalue weighted by molar-refractivity contribution is 7.99. The van der Waals surface area contributed by atoms with Crippen molar-refractivity contribution < 1.29 is 33.3 Å². The first-order valence-corrected chi connectivity index (χ1v) is 15.4. The minimum absolute atomic E-state index is 0.0425. The molecule has 3 atom stereocenters. The molecule has 12 nitrogen and oxygen atoms in total. The highest BCUT2D eigenvalue weighted by Crippen LogP contribution is 2.52. The Labute approximate surface area is 262 Å². The summed E-state index contributed by atoms with van der Waals surface area (Å²) >= 11 is 1.35. The van der Waals surface area contributed by atoms with Crippen LogP contribution < -0.4 is 20.7 Å². The average molecular weight is 636 g/mol. The van der Waals surface area contributed by atoms with Crippen LogP contribution in [-0.4, -0.2) is 58.7 Å². The van der Waals surface area contributed by atoms with Gasteiger partial charge in [0, 0.05) is 24.7 Å². The molecule has 2 aromatic carbocycles. The Morgan fingerprint density at radius 2 is 1.87 bits per heavy atom. The zero-order valence-corrected chi connectivity index (χ0v) is 25.8. The van der Waals surface area contributed by atoms with Gasteiger partial charge in [-0.15, -0.1) is 0 Å². The van der Waals surface area contributed by atoms with Crippen molar-refractivity contribution in [2.24, 2.45) is 0 Å². The zero-order chi connectivity index (χ0) is 31.7. The Balaban J connectivity index is 1.55. The molecule has 2 aliphatic heterocycles. The molecule has 0 amide bonds. The third-order valence-corrected chi connectivity index (χ3v) is 9.73. The Kier molecular flexibility index (Phi) is 8.83. The van der Waals surface area contributed by atoms with Gasteiger partial charge in [-0.2, -0.15) is 0 Å². The first-order valence-electron chi connectivity index (χ1n) is 14.6. The molecule has 2 aromatic heterocycles. The van der Waals surface area contributed by atoms with Crippen molar-refractivity contribution in [3.63, 3.8) is 0 Å². The van der Waals surface area contributed by atoms with E-state index >= 15 is 0 Å². The molecule has 236 valence electrons. The van der Waals surface area contributed by atoms with Crippen molar-refractivity contribution in [1.82, 2.24) is 14.1 Å². The highest BCUT2D eigenvalue weighted by Gasteiger charge is 2.41. The topological polar surface area (TPSA) is 144 Å². The van der Waals surface area contributed by atoms with Gasteiger partial charge in [0.05, 0.1) is 60.2 Å². The number of thioether (sulfide) groups is 1. The molecular weight excluding hydrogens is 602 g/mol. The van der Waals surface area contributed by atoms with Crippen LogP contribution in [0.4, 0.5) is 0 Å². The second-order valence-electron chi connectivity index (χ2n) is 10.8. The highest BCUT2D eigenvalue weighted by atomic mass is 32.2. The molecule has 3 unspecified atom stereocenters. The number of fused-ring (bicyclic) bond motifs is 1. The maximum Gasteiger partial charge on any atom is 0.336 e. The van der Waals surface area contributed by atoms with Gasteiger partial charge >= 0.3 is 11.7 Å². The molecule has 0 aliphatic carbocycles. The van der Waals surface area contributed by atoms with Gasteiger partial charge in [-0.05, 0) is 37.1 Å². The number of para-hydroxylation sites is 1. The van der Waals surface area contributed by atoms with Gasteiger partial charge < -0.3 is 28.5 Å². The van der Waals surface area contributed by atoms with Gasteiger partial charge in [0.25, 0.3) is 5.56 Å². The molecule has 0 radical (unpaired) electrons. The number of hydrogen-bond donors (Lipinski definition) is 1. The first kappa shape index (κ1) is 30.7. The number of oxazole rings is 1. The van der Waals surface area contributed by atoms with Crippen LogP contribution in [0.3, 0.4) is 0 Å². The number of ether oxygens (including phenoxy) is 4. The second kappa shape index (κ2) is 13.0. The van der Waals surface area contributed by atoms with E-state index in [0.29, 0.717) is 48.3 Å². The molecule has 4 aromatic rings. The van der Waals surface area contributed by atoms with Gasteiger partial charge in [-0.25, -0.2) is 19.1 Å². The molecule has 1 saturated heterocycles. The largest absolute Gasteiger partial charge is 0.496 e. The van der Waals surface area contributed by atoms with E-state index in [1.165, 1.54) is 43.3 Å². The Hall–Kier alpha value is -4.33. The van der Waals surface area contributed by atoms with Gasteiger partial charge in [-0.1, -0.05) is 36.9 Å². The summed E-state index contributed by atoms with van der Waals surface area (Å²) in [5.41, 5.74) is 0.110. The number of nitrogens with zero attached hydrogens (tertiary/aromatic N) is 3. The lowest BCUT2D eigenvalue weighted by atomic mass is 10.00. The number of carboxylic acid groups (broad SMARTS) is 1. The van der Waals surface area contributed by atoms with E-state index in [4.69, 9.17) is 23.4 Å². The SMILES string of the molecule is COc1ccccc1C(Cn1c2c(c(=O)n(-c3ccc(C(=O)O)cc3OC)c1=O)C(C)C(c1ncco1)S2)OC1CCOCC1. The van der Waals surface area contributed by atoms with Crippen LogP contribution in [0.5, 0.6) is 11.5 Å². The fraction of sp³-hybridized carbons (Fsp3) is 0.375. The summed E-state index contributed by atoms with van der Waals surface area (Å²) in [6.07, 6.45) is 3.69. The summed E-state index contributed by atoms with van der Waals surface area (Å²) in [7, 11) is 2.94. The number of methoxy groups -OCH3 is 2. The number of rotatable bonds is 10. The number of aromatic carboxylic acids is 1. The summed E-state index contributed by atoms with van der Waals surface area (Å²) in [6.45, 7) is 3.10.